The van der Waals surface area contributed by atoms with Gasteiger partial charge in [0.15, 0.2) is 0 Å². The van der Waals surface area contributed by atoms with Crippen molar-refractivity contribution < 1.29 is 8.22 Å². The summed E-state index contributed by atoms with van der Waals surface area (Å²) in [5.74, 6) is -1.20. The molecule has 0 N–H and O–H groups in total. The number of hydrogen-bond donors (Lipinski definition) is 0. The molecule has 2 nitrogen and oxygen atoms in total. The SMILES string of the molecule is CCC(C)(C(C#N)C#N)[Si](C)(F)F. The van der Waals surface area contributed by atoms with Crippen molar-refractivity contribution in [2.75, 3.05) is 0 Å². The normalized spacial score (nSPS) is 16.0. The Morgan fingerprint density at radius 2 is 1.77 bits per heavy atom. The molecule has 0 fully saturated rings. The molecule has 0 radical (unpaired) electrons. The van der Waals surface area contributed by atoms with E-state index in [0.29, 0.717) is 0 Å². The van der Waals surface area contributed by atoms with E-state index in [4.69, 9.17) is 10.5 Å². The summed E-state index contributed by atoms with van der Waals surface area (Å²) >= 11 is 0. The third-order valence-electron chi connectivity index (χ3n) is 2.63. The highest BCUT2D eigenvalue weighted by Gasteiger charge is 2.54. The van der Waals surface area contributed by atoms with Crippen molar-refractivity contribution in [2.24, 2.45) is 5.92 Å². The van der Waals surface area contributed by atoms with Crippen LogP contribution in [0.5, 0.6) is 0 Å². The van der Waals surface area contributed by atoms with Crippen molar-refractivity contribution in [3.05, 3.63) is 0 Å². The molecule has 0 aromatic carbocycles. The van der Waals surface area contributed by atoms with Gasteiger partial charge in [0.1, 0.15) is 5.92 Å². The van der Waals surface area contributed by atoms with Gasteiger partial charge >= 0.3 is 8.74 Å². The Bertz CT molecular complexity index is 247. The van der Waals surface area contributed by atoms with Crippen LogP contribution in [0.4, 0.5) is 8.22 Å². The third kappa shape index (κ3) is 2.05. The fraction of sp³-hybridized carbons (Fsp3) is 0.750. The zero-order chi connectivity index (χ0) is 10.7. The average molecular weight is 202 g/mol. The molecule has 0 amide bonds. The summed E-state index contributed by atoms with van der Waals surface area (Å²) in [4.78, 5) is 0. The van der Waals surface area contributed by atoms with E-state index < -0.39 is 19.7 Å². The summed E-state index contributed by atoms with van der Waals surface area (Å²) in [6.07, 6.45) is 0.161. The lowest BCUT2D eigenvalue weighted by atomic mass is 9.93. The van der Waals surface area contributed by atoms with E-state index in [9.17, 15) is 8.22 Å². The molecule has 0 aromatic heterocycles. The van der Waals surface area contributed by atoms with Gasteiger partial charge in [-0.05, 0) is 13.0 Å². The molecular formula is C8H12F2N2Si. The van der Waals surface area contributed by atoms with Gasteiger partial charge < -0.3 is 0 Å². The molecule has 0 aliphatic rings. The van der Waals surface area contributed by atoms with Crippen LogP contribution >= 0.6 is 0 Å². The van der Waals surface area contributed by atoms with Crippen molar-refractivity contribution in [3.8, 4) is 12.1 Å². The lowest BCUT2D eigenvalue weighted by molar-refractivity contribution is 0.407. The maximum atomic E-state index is 13.2. The summed E-state index contributed by atoms with van der Waals surface area (Å²) in [6, 6.07) is 3.29. The van der Waals surface area contributed by atoms with Gasteiger partial charge in [-0.2, -0.15) is 10.5 Å². The van der Waals surface area contributed by atoms with Gasteiger partial charge in [0, 0.05) is 5.04 Å². The summed E-state index contributed by atoms with van der Waals surface area (Å²) in [5, 5.41) is 15.7. The van der Waals surface area contributed by atoms with Crippen LogP contribution in [0.1, 0.15) is 20.3 Å². The second-order valence-corrected chi connectivity index (χ2v) is 6.27. The fourth-order valence-corrected chi connectivity index (χ4v) is 2.34. The highest BCUT2D eigenvalue weighted by Crippen LogP contribution is 2.48. The van der Waals surface area contributed by atoms with E-state index in [1.165, 1.54) is 6.92 Å². The van der Waals surface area contributed by atoms with Gasteiger partial charge in [0.05, 0.1) is 12.1 Å². The third-order valence-corrected chi connectivity index (χ3v) is 5.28. The molecule has 72 valence electrons. The lowest BCUT2D eigenvalue weighted by Crippen LogP contribution is -2.39. The number of rotatable bonds is 3. The van der Waals surface area contributed by atoms with Crippen LogP contribution in [0.15, 0.2) is 0 Å². The predicted molar refractivity (Wildman–Crippen MR) is 47.2 cm³/mol. The molecule has 0 aliphatic heterocycles. The Morgan fingerprint density at radius 3 is 1.85 bits per heavy atom. The summed E-state index contributed by atoms with van der Waals surface area (Å²) in [6.45, 7) is 3.81. The summed E-state index contributed by atoms with van der Waals surface area (Å²) < 4.78 is 26.5. The fourth-order valence-electron chi connectivity index (χ4n) is 1.08. The van der Waals surface area contributed by atoms with Gasteiger partial charge in [-0.1, -0.05) is 13.8 Å². The number of hydrogen-bond acceptors (Lipinski definition) is 2. The van der Waals surface area contributed by atoms with Crippen molar-refractivity contribution >= 4 is 8.74 Å². The first-order valence-electron chi connectivity index (χ1n) is 4.00. The smallest absolute Gasteiger partial charge is 0.270 e. The van der Waals surface area contributed by atoms with Crippen LogP contribution in [0.2, 0.25) is 11.6 Å². The molecule has 0 bridgehead atoms. The van der Waals surface area contributed by atoms with Gasteiger partial charge in [-0.15, -0.1) is 0 Å². The molecule has 13 heavy (non-hydrogen) atoms. The second kappa shape index (κ2) is 3.84. The minimum atomic E-state index is -4.46. The first-order valence-corrected chi connectivity index (χ1v) is 6.26. The monoisotopic (exact) mass is 202 g/mol. The van der Waals surface area contributed by atoms with Crippen molar-refractivity contribution in [1.82, 2.24) is 0 Å². The molecule has 0 heterocycles. The summed E-state index contributed by atoms with van der Waals surface area (Å²) in [5.41, 5.74) is 0. The van der Waals surface area contributed by atoms with E-state index in [0.717, 1.165) is 6.55 Å². The number of nitrogens with zero attached hydrogens (tertiary/aromatic N) is 2. The Kier molecular flexibility index (Phi) is 3.56. The standard InChI is InChI=1S/C8H12F2N2Si/c1-4-8(2,13(3,9)10)7(5-11)6-12/h7H,4H2,1-3H3. The van der Waals surface area contributed by atoms with E-state index >= 15 is 0 Å². The second-order valence-electron chi connectivity index (χ2n) is 3.35. The van der Waals surface area contributed by atoms with Gasteiger partial charge in [-0.25, -0.2) is 0 Å². The van der Waals surface area contributed by atoms with Crippen LogP contribution in [-0.2, 0) is 0 Å². The Labute approximate surface area is 78.1 Å². The maximum Gasteiger partial charge on any atom is 0.430 e. The van der Waals surface area contributed by atoms with E-state index in [-0.39, 0.29) is 6.42 Å². The molecule has 0 rings (SSSR count). The number of halogens is 2. The quantitative estimate of drug-likeness (QED) is 0.522. The Morgan fingerprint density at radius 1 is 1.38 bits per heavy atom. The molecule has 0 aliphatic carbocycles. The Hall–Kier alpha value is -0.943. The highest BCUT2D eigenvalue weighted by molar-refractivity contribution is 6.68. The van der Waals surface area contributed by atoms with Crippen LogP contribution in [0, 0.1) is 28.6 Å². The first kappa shape index (κ1) is 12.1. The summed E-state index contributed by atoms with van der Waals surface area (Å²) in [7, 11) is -4.46. The minimum Gasteiger partial charge on any atom is -0.270 e. The average Bonchev–Trinajstić information content (AvgIpc) is 2.04. The molecule has 5 heteroatoms. The molecule has 1 atom stereocenters. The minimum absolute atomic E-state index is 0.161. The Balaban J connectivity index is 5.10. The molecule has 0 aromatic rings. The molecule has 0 spiro atoms. The number of nitriles is 2. The topological polar surface area (TPSA) is 47.6 Å². The maximum absolute atomic E-state index is 13.2. The van der Waals surface area contributed by atoms with Crippen molar-refractivity contribution in [3.63, 3.8) is 0 Å². The molecule has 1 unspecified atom stereocenters. The van der Waals surface area contributed by atoms with Crippen LogP contribution in [-0.4, -0.2) is 8.74 Å². The van der Waals surface area contributed by atoms with Crippen LogP contribution < -0.4 is 0 Å². The van der Waals surface area contributed by atoms with E-state index in [2.05, 4.69) is 0 Å². The zero-order valence-electron chi connectivity index (χ0n) is 7.93. The predicted octanol–water partition coefficient (Wildman–Crippen LogP) is 2.83. The van der Waals surface area contributed by atoms with Gasteiger partial charge in [0.25, 0.3) is 0 Å². The largest absolute Gasteiger partial charge is 0.430 e. The first-order chi connectivity index (χ1) is 5.83. The molecular weight excluding hydrogens is 190 g/mol. The molecule has 0 saturated heterocycles. The van der Waals surface area contributed by atoms with Crippen molar-refractivity contribution in [1.29, 1.82) is 10.5 Å². The van der Waals surface area contributed by atoms with E-state index in [1.54, 1.807) is 19.1 Å². The van der Waals surface area contributed by atoms with E-state index in [1.807, 2.05) is 0 Å². The van der Waals surface area contributed by atoms with Crippen molar-refractivity contribution in [2.45, 2.75) is 31.9 Å². The van der Waals surface area contributed by atoms with Gasteiger partial charge in [-0.3, -0.25) is 8.22 Å². The highest BCUT2D eigenvalue weighted by atomic mass is 28.4. The van der Waals surface area contributed by atoms with Crippen LogP contribution in [0.3, 0.4) is 0 Å². The van der Waals surface area contributed by atoms with Gasteiger partial charge in [0.2, 0.25) is 0 Å². The molecule has 0 saturated carbocycles. The van der Waals surface area contributed by atoms with Crippen LogP contribution in [0.25, 0.3) is 0 Å². The lowest BCUT2D eigenvalue weighted by Gasteiger charge is -2.32. The zero-order valence-corrected chi connectivity index (χ0v) is 8.93.